The van der Waals surface area contributed by atoms with Crippen LogP contribution in [0.15, 0.2) is 48.5 Å². The molecular formula is C20H24O5. The summed E-state index contributed by atoms with van der Waals surface area (Å²) in [6.45, 7) is -0.215. The van der Waals surface area contributed by atoms with Crippen LogP contribution in [0.5, 0.6) is 11.5 Å². The van der Waals surface area contributed by atoms with Crippen LogP contribution in [-0.2, 0) is 6.42 Å². The fourth-order valence-corrected chi connectivity index (χ4v) is 2.72. The van der Waals surface area contributed by atoms with E-state index in [1.54, 1.807) is 31.4 Å². The SMILES string of the molecule is COc1cc(C=CCO)ccc1CC(CO)C(O)c1ccc(O)cc1. The lowest BCUT2D eigenvalue weighted by Crippen LogP contribution is -2.19. The molecule has 0 fully saturated rings. The summed E-state index contributed by atoms with van der Waals surface area (Å²) in [7, 11) is 1.57. The summed E-state index contributed by atoms with van der Waals surface area (Å²) in [5, 5.41) is 38.5. The van der Waals surface area contributed by atoms with Gasteiger partial charge in [-0.25, -0.2) is 0 Å². The molecule has 0 heterocycles. The number of aliphatic hydroxyl groups is 3. The molecule has 2 rings (SSSR count). The Labute approximate surface area is 147 Å². The molecular weight excluding hydrogens is 320 g/mol. The lowest BCUT2D eigenvalue weighted by Gasteiger charge is -2.22. The fraction of sp³-hybridized carbons (Fsp3) is 0.300. The molecule has 0 aromatic heterocycles. The average Bonchev–Trinajstić information content (AvgIpc) is 2.64. The topological polar surface area (TPSA) is 90.2 Å². The standard InChI is InChI=1S/C20H24O5/c1-25-19-11-14(3-2-10-21)4-5-16(19)12-17(13-22)20(24)15-6-8-18(23)9-7-15/h2-9,11,17,20-24H,10,12-13H2,1H3. The molecule has 5 nitrogen and oxygen atoms in total. The van der Waals surface area contributed by atoms with Gasteiger partial charge in [-0.1, -0.05) is 36.4 Å². The molecule has 0 saturated heterocycles. The molecule has 25 heavy (non-hydrogen) atoms. The summed E-state index contributed by atoms with van der Waals surface area (Å²) < 4.78 is 5.42. The van der Waals surface area contributed by atoms with Crippen LogP contribution in [-0.4, -0.2) is 40.7 Å². The minimum atomic E-state index is -0.857. The molecule has 0 bridgehead atoms. The van der Waals surface area contributed by atoms with Gasteiger partial charge in [0.15, 0.2) is 0 Å². The summed E-state index contributed by atoms with van der Waals surface area (Å²) in [5.41, 5.74) is 2.41. The summed E-state index contributed by atoms with van der Waals surface area (Å²) in [6, 6.07) is 11.9. The molecule has 0 aliphatic carbocycles. The Bertz CT molecular complexity index is 694. The molecule has 2 atom stereocenters. The third kappa shape index (κ3) is 5.06. The first-order chi connectivity index (χ1) is 12.1. The van der Waals surface area contributed by atoms with E-state index in [-0.39, 0.29) is 19.0 Å². The van der Waals surface area contributed by atoms with Gasteiger partial charge in [-0.3, -0.25) is 0 Å². The number of ether oxygens (including phenoxy) is 1. The maximum Gasteiger partial charge on any atom is 0.122 e. The molecule has 134 valence electrons. The van der Waals surface area contributed by atoms with Gasteiger partial charge in [0.1, 0.15) is 11.5 Å². The fourth-order valence-electron chi connectivity index (χ4n) is 2.72. The van der Waals surface area contributed by atoms with Crippen LogP contribution in [0, 0.1) is 5.92 Å². The van der Waals surface area contributed by atoms with Crippen LogP contribution in [0.1, 0.15) is 22.8 Å². The highest BCUT2D eigenvalue weighted by molar-refractivity contribution is 5.54. The van der Waals surface area contributed by atoms with Crippen molar-refractivity contribution in [2.45, 2.75) is 12.5 Å². The lowest BCUT2D eigenvalue weighted by atomic mass is 9.89. The van der Waals surface area contributed by atoms with Crippen LogP contribution >= 0.6 is 0 Å². The minimum Gasteiger partial charge on any atom is -0.508 e. The summed E-state index contributed by atoms with van der Waals surface area (Å²) in [6.07, 6.45) is 3.01. The highest BCUT2D eigenvalue weighted by atomic mass is 16.5. The normalized spacial score (nSPS) is 13.8. The second-order valence-corrected chi connectivity index (χ2v) is 5.84. The lowest BCUT2D eigenvalue weighted by molar-refractivity contribution is 0.0665. The number of phenols is 1. The molecule has 0 spiro atoms. The van der Waals surface area contributed by atoms with Crippen molar-refractivity contribution in [2.75, 3.05) is 20.3 Å². The second-order valence-electron chi connectivity index (χ2n) is 5.84. The van der Waals surface area contributed by atoms with Crippen molar-refractivity contribution in [1.29, 1.82) is 0 Å². The third-order valence-corrected chi connectivity index (χ3v) is 4.12. The number of hydrogen-bond donors (Lipinski definition) is 4. The van der Waals surface area contributed by atoms with Crippen LogP contribution in [0.2, 0.25) is 0 Å². The number of methoxy groups -OCH3 is 1. The van der Waals surface area contributed by atoms with Crippen molar-refractivity contribution in [3.8, 4) is 11.5 Å². The zero-order valence-corrected chi connectivity index (χ0v) is 14.2. The van der Waals surface area contributed by atoms with Gasteiger partial charge < -0.3 is 25.2 Å². The first-order valence-corrected chi connectivity index (χ1v) is 8.11. The van der Waals surface area contributed by atoms with Gasteiger partial charge in [-0.15, -0.1) is 0 Å². The molecule has 0 saturated carbocycles. The summed E-state index contributed by atoms with van der Waals surface area (Å²) in [5.74, 6) is 0.387. The number of phenolic OH excluding ortho intramolecular Hbond substituents is 1. The van der Waals surface area contributed by atoms with E-state index in [1.165, 1.54) is 12.1 Å². The Morgan fingerprint density at radius 2 is 1.80 bits per heavy atom. The van der Waals surface area contributed by atoms with Crippen molar-refractivity contribution in [3.05, 3.63) is 65.2 Å². The number of hydrogen-bond acceptors (Lipinski definition) is 5. The van der Waals surface area contributed by atoms with Crippen molar-refractivity contribution in [3.63, 3.8) is 0 Å². The maximum absolute atomic E-state index is 10.5. The van der Waals surface area contributed by atoms with Crippen LogP contribution in [0.4, 0.5) is 0 Å². The predicted octanol–water partition coefficient (Wildman–Crippen LogP) is 2.29. The van der Waals surface area contributed by atoms with E-state index in [9.17, 15) is 15.3 Å². The molecule has 0 radical (unpaired) electrons. The van der Waals surface area contributed by atoms with Gasteiger partial charge in [-0.2, -0.15) is 0 Å². The smallest absolute Gasteiger partial charge is 0.122 e. The summed E-state index contributed by atoms with van der Waals surface area (Å²) in [4.78, 5) is 0. The van der Waals surface area contributed by atoms with Crippen molar-refractivity contribution >= 4 is 6.08 Å². The first kappa shape index (κ1) is 19.0. The van der Waals surface area contributed by atoms with Gasteiger partial charge in [-0.05, 0) is 41.3 Å². The van der Waals surface area contributed by atoms with Crippen molar-refractivity contribution in [2.24, 2.45) is 5.92 Å². The van der Waals surface area contributed by atoms with Gasteiger partial charge in [0, 0.05) is 12.5 Å². The van der Waals surface area contributed by atoms with E-state index in [1.807, 2.05) is 18.2 Å². The molecule has 0 aliphatic heterocycles. The quantitative estimate of drug-likeness (QED) is 0.590. The van der Waals surface area contributed by atoms with Gasteiger partial charge in [0.05, 0.1) is 19.8 Å². The van der Waals surface area contributed by atoms with Gasteiger partial charge in [0.25, 0.3) is 0 Å². The number of aromatic hydroxyl groups is 1. The average molecular weight is 344 g/mol. The first-order valence-electron chi connectivity index (χ1n) is 8.11. The molecule has 0 aliphatic rings. The van der Waals surface area contributed by atoms with E-state index in [4.69, 9.17) is 9.84 Å². The zero-order chi connectivity index (χ0) is 18.2. The van der Waals surface area contributed by atoms with Crippen molar-refractivity contribution in [1.82, 2.24) is 0 Å². The van der Waals surface area contributed by atoms with Crippen LogP contribution < -0.4 is 4.74 Å². The molecule has 2 aromatic rings. The van der Waals surface area contributed by atoms with Crippen molar-refractivity contribution < 1.29 is 25.2 Å². The van der Waals surface area contributed by atoms with Gasteiger partial charge in [0.2, 0.25) is 0 Å². The monoisotopic (exact) mass is 344 g/mol. The molecule has 2 unspecified atom stereocenters. The van der Waals surface area contributed by atoms with Crippen LogP contribution in [0.3, 0.4) is 0 Å². The van der Waals surface area contributed by atoms with E-state index in [0.717, 1.165) is 11.1 Å². The van der Waals surface area contributed by atoms with E-state index < -0.39 is 12.0 Å². The third-order valence-electron chi connectivity index (χ3n) is 4.12. The Morgan fingerprint density at radius 1 is 1.08 bits per heavy atom. The Morgan fingerprint density at radius 3 is 2.40 bits per heavy atom. The largest absolute Gasteiger partial charge is 0.508 e. The highest BCUT2D eigenvalue weighted by Crippen LogP contribution is 2.30. The highest BCUT2D eigenvalue weighted by Gasteiger charge is 2.22. The summed E-state index contributed by atoms with van der Waals surface area (Å²) >= 11 is 0. The minimum absolute atomic E-state index is 0.0323. The number of benzene rings is 2. The Balaban J connectivity index is 2.20. The van der Waals surface area contributed by atoms with E-state index in [0.29, 0.717) is 17.7 Å². The van der Waals surface area contributed by atoms with E-state index in [2.05, 4.69) is 0 Å². The van der Waals surface area contributed by atoms with Crippen LogP contribution in [0.25, 0.3) is 6.08 Å². The maximum atomic E-state index is 10.5. The molecule has 5 heteroatoms. The predicted molar refractivity (Wildman–Crippen MR) is 96.5 cm³/mol. The molecule has 4 N–H and O–H groups in total. The van der Waals surface area contributed by atoms with Gasteiger partial charge >= 0.3 is 0 Å². The number of aliphatic hydroxyl groups excluding tert-OH is 3. The van der Waals surface area contributed by atoms with E-state index >= 15 is 0 Å². The number of rotatable bonds is 8. The Hall–Kier alpha value is -2.34. The zero-order valence-electron chi connectivity index (χ0n) is 14.2. The Kier molecular flexibility index (Phi) is 7.01. The second kappa shape index (κ2) is 9.22. The molecule has 2 aromatic carbocycles. The molecule has 0 amide bonds.